The molecule has 2 aromatic rings. The molecule has 1 amide bonds. The number of ether oxygens (including phenoxy) is 1. The summed E-state index contributed by atoms with van der Waals surface area (Å²) in [6, 6.07) is 8.61. The van der Waals surface area contributed by atoms with Crippen LogP contribution in [0.2, 0.25) is 0 Å². The SMILES string of the molecule is NC(=O)c1c(F)ccc(OCC2=Cc3cc(C4=CCCC4)ccc3C2)c1F. The van der Waals surface area contributed by atoms with E-state index in [1.165, 1.54) is 29.2 Å². The number of carbonyl (C=O) groups is 1. The maximum absolute atomic E-state index is 14.3. The number of carbonyl (C=O) groups excluding carboxylic acids is 1. The fourth-order valence-corrected chi connectivity index (χ4v) is 3.67. The van der Waals surface area contributed by atoms with Crippen molar-refractivity contribution in [3.63, 3.8) is 0 Å². The molecule has 0 atom stereocenters. The Hall–Kier alpha value is -2.95. The number of fused-ring (bicyclic) bond motifs is 1. The molecule has 0 unspecified atom stereocenters. The van der Waals surface area contributed by atoms with Crippen LogP contribution in [0.15, 0.2) is 42.0 Å². The second-order valence-corrected chi connectivity index (χ2v) is 6.90. The average Bonchev–Trinajstić information content (AvgIpc) is 3.29. The number of amides is 1. The summed E-state index contributed by atoms with van der Waals surface area (Å²) in [5, 5.41) is 0. The Labute approximate surface area is 156 Å². The fourth-order valence-electron chi connectivity index (χ4n) is 3.67. The van der Waals surface area contributed by atoms with Crippen LogP contribution in [-0.4, -0.2) is 12.5 Å². The highest BCUT2D eigenvalue weighted by atomic mass is 19.1. The molecule has 27 heavy (non-hydrogen) atoms. The minimum absolute atomic E-state index is 0.160. The van der Waals surface area contributed by atoms with E-state index in [9.17, 15) is 13.6 Å². The number of hydrogen-bond acceptors (Lipinski definition) is 2. The monoisotopic (exact) mass is 367 g/mol. The third-order valence-electron chi connectivity index (χ3n) is 5.05. The van der Waals surface area contributed by atoms with E-state index >= 15 is 0 Å². The number of hydrogen-bond donors (Lipinski definition) is 1. The van der Waals surface area contributed by atoms with Gasteiger partial charge in [-0.3, -0.25) is 4.79 Å². The molecule has 0 aliphatic heterocycles. The maximum atomic E-state index is 14.3. The van der Waals surface area contributed by atoms with E-state index in [-0.39, 0.29) is 12.4 Å². The topological polar surface area (TPSA) is 52.3 Å². The molecule has 0 heterocycles. The van der Waals surface area contributed by atoms with Gasteiger partial charge >= 0.3 is 0 Å². The van der Waals surface area contributed by atoms with Crippen LogP contribution < -0.4 is 10.5 Å². The molecule has 0 fully saturated rings. The van der Waals surface area contributed by atoms with Crippen LogP contribution in [0, 0.1) is 11.6 Å². The van der Waals surface area contributed by atoms with Crippen LogP contribution in [0.5, 0.6) is 5.75 Å². The minimum Gasteiger partial charge on any atom is -0.486 e. The van der Waals surface area contributed by atoms with Gasteiger partial charge in [-0.2, -0.15) is 0 Å². The van der Waals surface area contributed by atoms with Gasteiger partial charge in [-0.25, -0.2) is 8.78 Å². The van der Waals surface area contributed by atoms with Gasteiger partial charge in [0.2, 0.25) is 0 Å². The standard InChI is InChI=1S/C22H19F2NO2/c23-18-7-8-19(21(24)20(18)22(25)26)27-12-13-9-15-5-6-16(11-17(15)10-13)14-3-1-2-4-14/h3,5-8,10-11H,1-2,4,9,12H2,(H2,25,26). The van der Waals surface area contributed by atoms with Crippen molar-refractivity contribution in [2.75, 3.05) is 6.61 Å². The summed E-state index contributed by atoms with van der Waals surface area (Å²) in [5.41, 5.74) is 10.2. The Morgan fingerprint density at radius 3 is 2.78 bits per heavy atom. The Balaban J connectivity index is 1.50. The summed E-state index contributed by atoms with van der Waals surface area (Å²) in [6.07, 6.45) is 8.52. The van der Waals surface area contributed by atoms with Crippen LogP contribution in [0.25, 0.3) is 11.6 Å². The molecular formula is C22H19F2NO2. The van der Waals surface area contributed by atoms with E-state index in [0.29, 0.717) is 0 Å². The van der Waals surface area contributed by atoms with Crippen molar-refractivity contribution < 1.29 is 18.3 Å². The lowest BCUT2D eigenvalue weighted by molar-refractivity contribution is 0.0991. The van der Waals surface area contributed by atoms with Crippen molar-refractivity contribution in [3.8, 4) is 5.75 Å². The van der Waals surface area contributed by atoms with E-state index in [1.807, 2.05) is 6.08 Å². The number of nitrogens with two attached hydrogens (primary N) is 1. The number of halogens is 2. The van der Waals surface area contributed by atoms with Crippen LogP contribution >= 0.6 is 0 Å². The van der Waals surface area contributed by atoms with E-state index < -0.39 is 23.1 Å². The first kappa shape index (κ1) is 17.5. The highest BCUT2D eigenvalue weighted by molar-refractivity contribution is 5.93. The third-order valence-corrected chi connectivity index (χ3v) is 5.05. The normalized spacial score (nSPS) is 15.3. The Morgan fingerprint density at radius 1 is 1.19 bits per heavy atom. The fraction of sp³-hybridized carbons (Fsp3) is 0.227. The maximum Gasteiger partial charge on any atom is 0.254 e. The van der Waals surface area contributed by atoms with E-state index in [0.717, 1.165) is 36.5 Å². The molecule has 4 rings (SSSR count). The first-order valence-corrected chi connectivity index (χ1v) is 8.95. The van der Waals surface area contributed by atoms with Crippen molar-refractivity contribution in [2.24, 2.45) is 5.73 Å². The molecule has 5 heteroatoms. The molecule has 2 N–H and O–H groups in total. The molecule has 0 bridgehead atoms. The summed E-state index contributed by atoms with van der Waals surface area (Å²) in [5.74, 6) is -3.39. The third kappa shape index (κ3) is 3.37. The lowest BCUT2D eigenvalue weighted by atomic mass is 10.00. The molecule has 0 saturated heterocycles. The van der Waals surface area contributed by atoms with Crippen LogP contribution in [0.4, 0.5) is 8.78 Å². The largest absolute Gasteiger partial charge is 0.486 e. The lowest BCUT2D eigenvalue weighted by Gasteiger charge is -2.10. The van der Waals surface area contributed by atoms with Crippen molar-refractivity contribution in [1.82, 2.24) is 0 Å². The van der Waals surface area contributed by atoms with Gasteiger partial charge in [-0.1, -0.05) is 24.3 Å². The second-order valence-electron chi connectivity index (χ2n) is 6.90. The number of rotatable bonds is 5. The summed E-state index contributed by atoms with van der Waals surface area (Å²) < 4.78 is 33.3. The molecule has 2 aliphatic carbocycles. The molecule has 0 radical (unpaired) electrons. The highest BCUT2D eigenvalue weighted by Crippen LogP contribution is 2.33. The lowest BCUT2D eigenvalue weighted by Crippen LogP contribution is -2.16. The highest BCUT2D eigenvalue weighted by Gasteiger charge is 2.20. The Kier molecular flexibility index (Phi) is 4.52. The van der Waals surface area contributed by atoms with Gasteiger partial charge in [0.25, 0.3) is 5.91 Å². The molecular weight excluding hydrogens is 348 g/mol. The van der Waals surface area contributed by atoms with Gasteiger partial charge in [0, 0.05) is 0 Å². The van der Waals surface area contributed by atoms with Crippen LogP contribution in [0.3, 0.4) is 0 Å². The molecule has 3 nitrogen and oxygen atoms in total. The predicted octanol–water partition coefficient (Wildman–Crippen LogP) is 4.65. The van der Waals surface area contributed by atoms with Crippen LogP contribution in [0.1, 0.15) is 46.3 Å². The summed E-state index contributed by atoms with van der Waals surface area (Å²) >= 11 is 0. The quantitative estimate of drug-likeness (QED) is 0.836. The van der Waals surface area contributed by atoms with Gasteiger partial charge in [-0.15, -0.1) is 0 Å². The van der Waals surface area contributed by atoms with Crippen molar-refractivity contribution in [1.29, 1.82) is 0 Å². The van der Waals surface area contributed by atoms with E-state index in [4.69, 9.17) is 10.5 Å². The van der Waals surface area contributed by atoms with Gasteiger partial charge in [0.05, 0.1) is 0 Å². The molecule has 0 spiro atoms. The van der Waals surface area contributed by atoms with Gasteiger partial charge < -0.3 is 10.5 Å². The van der Waals surface area contributed by atoms with E-state index in [1.54, 1.807) is 0 Å². The van der Waals surface area contributed by atoms with Gasteiger partial charge in [0.15, 0.2) is 11.6 Å². The molecule has 2 aromatic carbocycles. The van der Waals surface area contributed by atoms with Crippen molar-refractivity contribution in [3.05, 3.63) is 75.9 Å². The summed E-state index contributed by atoms with van der Waals surface area (Å²) in [4.78, 5) is 11.2. The summed E-state index contributed by atoms with van der Waals surface area (Å²) in [6.45, 7) is 0.160. The van der Waals surface area contributed by atoms with Crippen molar-refractivity contribution >= 4 is 17.6 Å². The first-order chi connectivity index (χ1) is 13.0. The first-order valence-electron chi connectivity index (χ1n) is 8.95. The number of allylic oxidation sites excluding steroid dienone is 2. The zero-order valence-electron chi connectivity index (χ0n) is 14.7. The van der Waals surface area contributed by atoms with E-state index in [2.05, 4.69) is 24.3 Å². The summed E-state index contributed by atoms with van der Waals surface area (Å²) in [7, 11) is 0. The molecule has 0 aromatic heterocycles. The zero-order chi connectivity index (χ0) is 19.0. The molecule has 2 aliphatic rings. The smallest absolute Gasteiger partial charge is 0.254 e. The number of benzene rings is 2. The Bertz CT molecular complexity index is 992. The minimum atomic E-state index is -1.16. The number of primary amides is 1. The zero-order valence-corrected chi connectivity index (χ0v) is 14.7. The Morgan fingerprint density at radius 2 is 2.04 bits per heavy atom. The van der Waals surface area contributed by atoms with Gasteiger partial charge in [-0.05, 0) is 71.7 Å². The van der Waals surface area contributed by atoms with Gasteiger partial charge in [0.1, 0.15) is 18.0 Å². The van der Waals surface area contributed by atoms with Crippen LogP contribution in [-0.2, 0) is 6.42 Å². The van der Waals surface area contributed by atoms with Crippen molar-refractivity contribution in [2.45, 2.75) is 25.7 Å². The second kappa shape index (κ2) is 6.99. The predicted molar refractivity (Wildman–Crippen MR) is 100 cm³/mol. The molecule has 0 saturated carbocycles. The molecule has 138 valence electrons. The average molecular weight is 367 g/mol.